The van der Waals surface area contributed by atoms with Gasteiger partial charge >= 0.3 is 0 Å². The van der Waals surface area contributed by atoms with Crippen LogP contribution in [0.1, 0.15) is 19.4 Å². The summed E-state index contributed by atoms with van der Waals surface area (Å²) in [4.78, 5) is 2.22. The Balaban J connectivity index is 2.58. The van der Waals surface area contributed by atoms with Gasteiger partial charge in [-0.3, -0.25) is 0 Å². The van der Waals surface area contributed by atoms with Gasteiger partial charge in [0, 0.05) is 23.6 Å². The van der Waals surface area contributed by atoms with Crippen molar-refractivity contribution in [3.8, 4) is 0 Å². The lowest BCUT2D eigenvalue weighted by atomic mass is 10.0. The van der Waals surface area contributed by atoms with Gasteiger partial charge in [0.1, 0.15) is 0 Å². The van der Waals surface area contributed by atoms with Gasteiger partial charge in [0.25, 0.3) is 0 Å². The first-order valence-electron chi connectivity index (χ1n) is 6.22. The molecule has 0 aliphatic rings. The molecule has 4 heteroatoms. The Morgan fingerprint density at radius 2 is 2.00 bits per heavy atom. The number of hydrogen-bond donors (Lipinski definition) is 1. The fourth-order valence-corrected chi connectivity index (χ4v) is 2.35. The molecule has 102 valence electrons. The quantitative estimate of drug-likeness (QED) is 0.852. The van der Waals surface area contributed by atoms with Crippen LogP contribution in [0, 0.1) is 5.92 Å². The van der Waals surface area contributed by atoms with E-state index in [1.165, 1.54) is 5.56 Å². The van der Waals surface area contributed by atoms with Crippen molar-refractivity contribution in [3.63, 3.8) is 0 Å². The van der Waals surface area contributed by atoms with E-state index in [1.54, 1.807) is 0 Å². The van der Waals surface area contributed by atoms with Gasteiger partial charge in [-0.05, 0) is 53.6 Å². The minimum Gasteiger partial charge on any atom is -0.308 e. The highest BCUT2D eigenvalue weighted by molar-refractivity contribution is 9.10. The summed E-state index contributed by atoms with van der Waals surface area (Å²) in [5.74, 6) is 0.614. The number of nitrogens with zero attached hydrogens (tertiary/aromatic N) is 1. The number of hydrogen-bond acceptors (Lipinski definition) is 2. The van der Waals surface area contributed by atoms with Crippen molar-refractivity contribution in [1.82, 2.24) is 10.2 Å². The van der Waals surface area contributed by atoms with Gasteiger partial charge in [-0.15, -0.1) is 0 Å². The van der Waals surface area contributed by atoms with E-state index in [4.69, 9.17) is 11.6 Å². The average Bonchev–Trinajstić information content (AvgIpc) is 2.28. The summed E-state index contributed by atoms with van der Waals surface area (Å²) < 4.78 is 0.956. The summed E-state index contributed by atoms with van der Waals surface area (Å²) in [6.45, 7) is 6.41. The predicted octanol–water partition coefficient (Wildman–Crippen LogP) is 3.78. The second kappa shape index (κ2) is 7.49. The van der Waals surface area contributed by atoms with E-state index >= 15 is 0 Å². The van der Waals surface area contributed by atoms with Crippen LogP contribution in [0.3, 0.4) is 0 Å². The molecule has 2 nitrogen and oxygen atoms in total. The van der Waals surface area contributed by atoms with Gasteiger partial charge in [-0.1, -0.05) is 31.5 Å². The Hall–Kier alpha value is -0.0900. The molecule has 1 atom stereocenters. The number of rotatable bonds is 6. The monoisotopic (exact) mass is 332 g/mol. The first-order valence-corrected chi connectivity index (χ1v) is 7.39. The second-order valence-corrected chi connectivity index (χ2v) is 6.50. The molecular formula is C14H22BrClN2. The molecule has 1 rings (SSSR count). The smallest absolute Gasteiger partial charge is 0.0548 e. The van der Waals surface area contributed by atoms with Gasteiger partial charge in [0.2, 0.25) is 0 Å². The van der Waals surface area contributed by atoms with Crippen molar-refractivity contribution in [2.45, 2.75) is 26.4 Å². The molecule has 1 aromatic rings. The van der Waals surface area contributed by atoms with Crippen LogP contribution in [0.4, 0.5) is 0 Å². The zero-order chi connectivity index (χ0) is 13.7. The first kappa shape index (κ1) is 16.0. The lowest BCUT2D eigenvalue weighted by molar-refractivity contribution is 0.288. The van der Waals surface area contributed by atoms with Gasteiger partial charge in [-0.2, -0.15) is 0 Å². The van der Waals surface area contributed by atoms with Crippen molar-refractivity contribution in [3.05, 3.63) is 33.3 Å². The molecule has 0 amide bonds. The highest BCUT2D eigenvalue weighted by Gasteiger charge is 2.13. The van der Waals surface area contributed by atoms with Crippen LogP contribution in [-0.2, 0) is 6.54 Å². The normalized spacial score (nSPS) is 13.3. The average molecular weight is 334 g/mol. The van der Waals surface area contributed by atoms with Gasteiger partial charge in [0.15, 0.2) is 0 Å². The maximum atomic E-state index is 5.99. The fraction of sp³-hybridized carbons (Fsp3) is 0.571. The Bertz CT molecular complexity index is 380. The molecule has 0 spiro atoms. The Morgan fingerprint density at radius 1 is 1.33 bits per heavy atom. The minimum absolute atomic E-state index is 0.495. The predicted molar refractivity (Wildman–Crippen MR) is 83.2 cm³/mol. The van der Waals surface area contributed by atoms with Gasteiger partial charge in [0.05, 0.1) is 5.02 Å². The number of halogens is 2. The van der Waals surface area contributed by atoms with Crippen LogP contribution in [0.2, 0.25) is 5.02 Å². The summed E-state index contributed by atoms with van der Waals surface area (Å²) in [5.41, 5.74) is 1.25. The van der Waals surface area contributed by atoms with E-state index < -0.39 is 0 Å². The zero-order valence-electron chi connectivity index (χ0n) is 11.5. The highest BCUT2D eigenvalue weighted by Crippen LogP contribution is 2.23. The third-order valence-electron chi connectivity index (χ3n) is 2.92. The van der Waals surface area contributed by atoms with Crippen molar-refractivity contribution < 1.29 is 0 Å². The van der Waals surface area contributed by atoms with Crippen LogP contribution in [0.25, 0.3) is 0 Å². The maximum Gasteiger partial charge on any atom is 0.0548 e. The molecular weight excluding hydrogens is 312 g/mol. The van der Waals surface area contributed by atoms with Crippen molar-refractivity contribution >= 4 is 27.5 Å². The van der Waals surface area contributed by atoms with E-state index in [0.29, 0.717) is 12.0 Å². The third kappa shape index (κ3) is 5.27. The van der Waals surface area contributed by atoms with Crippen LogP contribution >= 0.6 is 27.5 Å². The molecule has 1 N–H and O–H groups in total. The summed E-state index contributed by atoms with van der Waals surface area (Å²) in [5, 5.41) is 4.36. The van der Waals surface area contributed by atoms with Crippen LogP contribution in [-0.4, -0.2) is 31.6 Å². The standard InChI is InChI=1S/C14H22BrClN2/c1-10(2)14(9-18(3)4)17-8-11-5-6-13(16)12(15)7-11/h5-7,10,14,17H,8-9H2,1-4H3. The van der Waals surface area contributed by atoms with Crippen molar-refractivity contribution in [2.24, 2.45) is 5.92 Å². The molecule has 1 aromatic carbocycles. The molecule has 0 saturated heterocycles. The van der Waals surface area contributed by atoms with Crippen LogP contribution in [0.5, 0.6) is 0 Å². The van der Waals surface area contributed by atoms with Gasteiger partial charge < -0.3 is 10.2 Å². The molecule has 0 aromatic heterocycles. The third-order valence-corrected chi connectivity index (χ3v) is 4.13. The highest BCUT2D eigenvalue weighted by atomic mass is 79.9. The van der Waals surface area contributed by atoms with E-state index in [-0.39, 0.29) is 0 Å². The Labute approximate surface area is 124 Å². The summed E-state index contributed by atoms with van der Waals surface area (Å²) >= 11 is 9.44. The van der Waals surface area contributed by atoms with Gasteiger partial charge in [-0.25, -0.2) is 0 Å². The second-order valence-electron chi connectivity index (χ2n) is 5.24. The molecule has 0 aliphatic carbocycles. The number of benzene rings is 1. The fourth-order valence-electron chi connectivity index (χ4n) is 1.80. The molecule has 1 unspecified atom stereocenters. The largest absolute Gasteiger partial charge is 0.308 e. The van der Waals surface area contributed by atoms with Crippen molar-refractivity contribution in [2.75, 3.05) is 20.6 Å². The minimum atomic E-state index is 0.495. The molecule has 0 fully saturated rings. The summed E-state index contributed by atoms with van der Waals surface area (Å²) in [6, 6.07) is 6.56. The lowest BCUT2D eigenvalue weighted by Crippen LogP contribution is -2.41. The number of nitrogens with one attached hydrogen (secondary N) is 1. The zero-order valence-corrected chi connectivity index (χ0v) is 13.8. The molecule has 0 aliphatic heterocycles. The molecule has 0 saturated carbocycles. The summed E-state index contributed by atoms with van der Waals surface area (Å²) in [7, 11) is 4.21. The van der Waals surface area contributed by atoms with E-state index in [0.717, 1.165) is 22.6 Å². The SMILES string of the molecule is CC(C)C(CN(C)C)NCc1ccc(Cl)c(Br)c1. The van der Waals surface area contributed by atoms with E-state index in [9.17, 15) is 0 Å². The van der Waals surface area contributed by atoms with E-state index in [2.05, 4.69) is 66.2 Å². The van der Waals surface area contributed by atoms with E-state index in [1.807, 2.05) is 6.07 Å². The first-order chi connectivity index (χ1) is 8.40. The Kier molecular flexibility index (Phi) is 6.64. The molecule has 0 bridgehead atoms. The molecule has 0 radical (unpaired) electrons. The van der Waals surface area contributed by atoms with Crippen LogP contribution < -0.4 is 5.32 Å². The summed E-state index contributed by atoms with van der Waals surface area (Å²) in [6.07, 6.45) is 0. The lowest BCUT2D eigenvalue weighted by Gasteiger charge is -2.25. The Morgan fingerprint density at radius 3 is 2.50 bits per heavy atom. The topological polar surface area (TPSA) is 15.3 Å². The maximum absolute atomic E-state index is 5.99. The van der Waals surface area contributed by atoms with Crippen molar-refractivity contribution in [1.29, 1.82) is 0 Å². The number of likely N-dealkylation sites (N-methyl/N-ethyl adjacent to an activating group) is 1. The van der Waals surface area contributed by atoms with Crippen LogP contribution in [0.15, 0.2) is 22.7 Å². The molecule has 18 heavy (non-hydrogen) atoms. The molecule has 0 heterocycles.